The quantitative estimate of drug-likeness (QED) is 0.659. The van der Waals surface area contributed by atoms with Gasteiger partial charge in [-0.3, -0.25) is 9.69 Å². The van der Waals surface area contributed by atoms with Crippen LogP contribution in [0.2, 0.25) is 0 Å². The molecule has 0 aromatic heterocycles. The van der Waals surface area contributed by atoms with Crippen molar-refractivity contribution in [1.82, 2.24) is 9.80 Å². The van der Waals surface area contributed by atoms with E-state index in [0.29, 0.717) is 6.54 Å². The van der Waals surface area contributed by atoms with Crippen LogP contribution in [0.25, 0.3) is 0 Å². The van der Waals surface area contributed by atoms with Gasteiger partial charge in [0.15, 0.2) is 0 Å². The van der Waals surface area contributed by atoms with E-state index in [1.165, 1.54) is 24.2 Å². The van der Waals surface area contributed by atoms with E-state index in [9.17, 15) is 9.90 Å². The van der Waals surface area contributed by atoms with Gasteiger partial charge in [-0.05, 0) is 43.6 Å². The molecule has 0 unspecified atom stereocenters. The molecule has 156 valence electrons. The Morgan fingerprint density at radius 1 is 1.21 bits per heavy atom. The number of hydrogen-bond donors (Lipinski definition) is 1. The highest BCUT2D eigenvalue weighted by Crippen LogP contribution is 2.20. The fourth-order valence-electron chi connectivity index (χ4n) is 3.81. The summed E-state index contributed by atoms with van der Waals surface area (Å²) in [5.41, 5.74) is 1.25. The second-order valence-corrected chi connectivity index (χ2v) is 8.82. The summed E-state index contributed by atoms with van der Waals surface area (Å²) in [5, 5.41) is 10.3. The number of rotatable bonds is 8. The van der Waals surface area contributed by atoms with Crippen LogP contribution in [0.3, 0.4) is 0 Å². The minimum absolute atomic E-state index is 0.00381. The summed E-state index contributed by atoms with van der Waals surface area (Å²) in [5.74, 6) is 3.10. The molecule has 1 N–H and O–H groups in total. The standard InChI is InChI=1S/C21H32N2O4S/c1-26-21(25)18-5-7-22(8-6-18)15-19(24)16-27-20-4-2-3-17(13-20)14-23-9-11-28-12-10-23/h2-4,13,18-19,24H,5-12,14-16H2,1H3/t19-/m1/s1. The molecule has 1 aromatic carbocycles. The van der Waals surface area contributed by atoms with E-state index in [-0.39, 0.29) is 18.5 Å². The van der Waals surface area contributed by atoms with Gasteiger partial charge < -0.3 is 19.5 Å². The van der Waals surface area contributed by atoms with Crippen molar-refractivity contribution < 1.29 is 19.4 Å². The van der Waals surface area contributed by atoms with Gasteiger partial charge in [-0.2, -0.15) is 11.8 Å². The van der Waals surface area contributed by atoms with Gasteiger partial charge >= 0.3 is 5.97 Å². The Kier molecular flexibility index (Phi) is 8.45. The lowest BCUT2D eigenvalue weighted by Gasteiger charge is -2.31. The van der Waals surface area contributed by atoms with Crippen LogP contribution < -0.4 is 4.74 Å². The number of ether oxygens (including phenoxy) is 2. The van der Waals surface area contributed by atoms with Gasteiger partial charge in [-0.15, -0.1) is 0 Å². The number of carbonyl (C=O) groups is 1. The maximum absolute atomic E-state index is 11.6. The van der Waals surface area contributed by atoms with E-state index in [1.54, 1.807) is 0 Å². The van der Waals surface area contributed by atoms with Crippen molar-refractivity contribution in [3.8, 4) is 5.75 Å². The maximum atomic E-state index is 11.6. The summed E-state index contributed by atoms with van der Waals surface area (Å²) >= 11 is 2.02. The normalized spacial score (nSPS) is 20.6. The van der Waals surface area contributed by atoms with Gasteiger partial charge in [-0.1, -0.05) is 12.1 Å². The summed E-state index contributed by atoms with van der Waals surface area (Å²) in [6.07, 6.45) is 1.03. The fourth-order valence-corrected chi connectivity index (χ4v) is 4.79. The number of esters is 1. The number of aliphatic hydroxyl groups is 1. The van der Waals surface area contributed by atoms with Crippen LogP contribution in [0.4, 0.5) is 0 Å². The number of carbonyl (C=O) groups excluding carboxylic acids is 1. The number of β-amino-alcohol motifs (C(OH)–C–C–N with tert-alkyl or cyclic N) is 1. The number of likely N-dealkylation sites (tertiary alicyclic amines) is 1. The molecule has 1 aromatic rings. The van der Waals surface area contributed by atoms with Gasteiger partial charge in [0.05, 0.1) is 13.0 Å². The van der Waals surface area contributed by atoms with Crippen molar-refractivity contribution in [2.75, 3.05) is 57.9 Å². The molecule has 7 heteroatoms. The molecule has 2 aliphatic rings. The molecule has 0 amide bonds. The predicted molar refractivity (Wildman–Crippen MR) is 112 cm³/mol. The lowest BCUT2D eigenvalue weighted by molar-refractivity contribution is -0.147. The van der Waals surface area contributed by atoms with Crippen LogP contribution in [0.1, 0.15) is 18.4 Å². The second kappa shape index (κ2) is 11.0. The third-order valence-corrected chi connectivity index (χ3v) is 6.38. The predicted octanol–water partition coefficient (Wildman–Crippen LogP) is 1.86. The lowest BCUT2D eigenvalue weighted by atomic mass is 9.97. The number of hydrogen-bond acceptors (Lipinski definition) is 7. The molecule has 1 atom stereocenters. The van der Waals surface area contributed by atoms with Crippen LogP contribution in [0, 0.1) is 5.92 Å². The average molecular weight is 409 g/mol. The highest BCUT2D eigenvalue weighted by Gasteiger charge is 2.26. The largest absolute Gasteiger partial charge is 0.491 e. The van der Waals surface area contributed by atoms with E-state index in [2.05, 4.69) is 21.9 Å². The molecule has 0 bridgehead atoms. The molecule has 2 saturated heterocycles. The molecule has 3 rings (SSSR count). The Hall–Kier alpha value is -1.28. The van der Waals surface area contributed by atoms with E-state index < -0.39 is 6.10 Å². The molecule has 2 fully saturated rings. The Balaban J connectivity index is 1.39. The summed E-state index contributed by atoms with van der Waals surface area (Å²) in [6.45, 7) is 5.69. The molecular weight excluding hydrogens is 376 g/mol. The second-order valence-electron chi connectivity index (χ2n) is 7.60. The number of piperidine rings is 1. The zero-order valence-corrected chi connectivity index (χ0v) is 17.5. The van der Waals surface area contributed by atoms with Gasteiger partial charge in [-0.25, -0.2) is 0 Å². The molecule has 28 heavy (non-hydrogen) atoms. The number of methoxy groups -OCH3 is 1. The molecule has 0 spiro atoms. The summed E-state index contributed by atoms with van der Waals surface area (Å²) < 4.78 is 10.7. The van der Waals surface area contributed by atoms with Crippen LogP contribution >= 0.6 is 11.8 Å². The van der Waals surface area contributed by atoms with Gasteiger partial charge in [0.2, 0.25) is 0 Å². The van der Waals surface area contributed by atoms with E-state index in [1.807, 2.05) is 23.9 Å². The zero-order valence-electron chi connectivity index (χ0n) is 16.7. The highest BCUT2D eigenvalue weighted by atomic mass is 32.2. The SMILES string of the molecule is COC(=O)C1CCN(C[C@@H](O)COc2cccc(CN3CCSCC3)c2)CC1. The van der Waals surface area contributed by atoms with Crippen LogP contribution in [0.5, 0.6) is 5.75 Å². The smallest absolute Gasteiger partial charge is 0.308 e. The van der Waals surface area contributed by atoms with E-state index >= 15 is 0 Å². The third-order valence-electron chi connectivity index (χ3n) is 5.44. The van der Waals surface area contributed by atoms with Crippen molar-refractivity contribution in [2.45, 2.75) is 25.5 Å². The van der Waals surface area contributed by atoms with Crippen molar-refractivity contribution >= 4 is 17.7 Å². The first kappa shape index (κ1) is 21.4. The van der Waals surface area contributed by atoms with Gasteiger partial charge in [0.1, 0.15) is 18.5 Å². The molecular formula is C21H32N2O4S. The van der Waals surface area contributed by atoms with Crippen molar-refractivity contribution in [1.29, 1.82) is 0 Å². The number of nitrogens with zero attached hydrogens (tertiary/aromatic N) is 2. The first-order valence-electron chi connectivity index (χ1n) is 10.1. The van der Waals surface area contributed by atoms with Crippen molar-refractivity contribution in [3.63, 3.8) is 0 Å². The monoisotopic (exact) mass is 408 g/mol. The Bertz CT molecular complexity index is 616. The summed E-state index contributed by atoms with van der Waals surface area (Å²) in [6, 6.07) is 8.18. The molecule has 6 nitrogen and oxygen atoms in total. The topological polar surface area (TPSA) is 62.2 Å². The molecule has 0 saturated carbocycles. The Labute approximate surface area is 172 Å². The first-order chi connectivity index (χ1) is 13.6. The van der Waals surface area contributed by atoms with Gasteiger partial charge in [0, 0.05) is 37.7 Å². The summed E-state index contributed by atoms with van der Waals surface area (Å²) in [7, 11) is 1.44. The van der Waals surface area contributed by atoms with E-state index in [4.69, 9.17) is 9.47 Å². The van der Waals surface area contributed by atoms with Crippen LogP contribution in [-0.4, -0.2) is 84.9 Å². The molecule has 2 aliphatic heterocycles. The van der Waals surface area contributed by atoms with E-state index in [0.717, 1.165) is 51.3 Å². The van der Waals surface area contributed by atoms with Gasteiger partial charge in [0.25, 0.3) is 0 Å². The fraction of sp³-hybridized carbons (Fsp3) is 0.667. The minimum atomic E-state index is -0.544. The van der Waals surface area contributed by atoms with Crippen LogP contribution in [0.15, 0.2) is 24.3 Å². The highest BCUT2D eigenvalue weighted by molar-refractivity contribution is 7.99. The molecule has 0 aliphatic carbocycles. The Morgan fingerprint density at radius 3 is 2.68 bits per heavy atom. The van der Waals surface area contributed by atoms with Crippen molar-refractivity contribution in [3.05, 3.63) is 29.8 Å². The number of benzene rings is 1. The maximum Gasteiger partial charge on any atom is 0.308 e. The molecule has 0 radical (unpaired) electrons. The lowest BCUT2D eigenvalue weighted by Crippen LogP contribution is -2.42. The number of thioether (sulfide) groups is 1. The number of aliphatic hydroxyl groups excluding tert-OH is 1. The molecule has 2 heterocycles. The average Bonchev–Trinajstić information content (AvgIpc) is 2.73. The van der Waals surface area contributed by atoms with Crippen molar-refractivity contribution in [2.24, 2.45) is 5.92 Å². The summed E-state index contributed by atoms with van der Waals surface area (Å²) in [4.78, 5) is 16.3. The first-order valence-corrected chi connectivity index (χ1v) is 11.3. The Morgan fingerprint density at radius 2 is 1.96 bits per heavy atom. The third kappa shape index (κ3) is 6.65. The van der Waals surface area contributed by atoms with Crippen LogP contribution in [-0.2, 0) is 16.1 Å². The minimum Gasteiger partial charge on any atom is -0.491 e. The zero-order chi connectivity index (χ0) is 19.8.